The molecule has 2 aromatic carbocycles. The van der Waals surface area contributed by atoms with Crippen molar-refractivity contribution in [1.29, 1.82) is 0 Å². The van der Waals surface area contributed by atoms with E-state index in [0.29, 0.717) is 15.7 Å². The van der Waals surface area contributed by atoms with E-state index < -0.39 is 0 Å². The fourth-order valence-corrected chi connectivity index (χ4v) is 2.28. The van der Waals surface area contributed by atoms with Gasteiger partial charge in [-0.15, -0.1) is 0 Å². The third kappa shape index (κ3) is 2.86. The maximum absolute atomic E-state index is 6.11. The predicted molar refractivity (Wildman–Crippen MR) is 78.3 cm³/mol. The molecule has 0 amide bonds. The molecule has 0 aliphatic heterocycles. The van der Waals surface area contributed by atoms with Crippen LogP contribution in [0.2, 0.25) is 10.0 Å². The number of nitrogen functional groups attached to an aromatic ring is 1. The molecule has 0 radical (unpaired) electrons. The summed E-state index contributed by atoms with van der Waals surface area (Å²) in [5.74, 6) is 0. The van der Waals surface area contributed by atoms with E-state index in [9.17, 15) is 0 Å². The second-order valence-corrected chi connectivity index (χ2v) is 5.18. The monoisotopic (exact) mass is 330 g/mol. The topological polar surface area (TPSA) is 38.0 Å². The van der Waals surface area contributed by atoms with E-state index in [2.05, 4.69) is 21.2 Å². The quantitative estimate of drug-likeness (QED) is 0.753. The molecule has 5 heteroatoms. The van der Waals surface area contributed by atoms with Crippen molar-refractivity contribution >= 4 is 56.2 Å². The van der Waals surface area contributed by atoms with E-state index >= 15 is 0 Å². The Hall–Kier alpha value is -0.900. The summed E-state index contributed by atoms with van der Waals surface area (Å²) < 4.78 is 0.923. The van der Waals surface area contributed by atoms with E-state index in [1.807, 2.05) is 30.3 Å². The van der Waals surface area contributed by atoms with Gasteiger partial charge in [0.1, 0.15) is 0 Å². The first-order valence-corrected chi connectivity index (χ1v) is 6.39. The van der Waals surface area contributed by atoms with Crippen LogP contribution in [0.15, 0.2) is 40.9 Å². The Labute approximate surface area is 118 Å². The van der Waals surface area contributed by atoms with Crippen LogP contribution < -0.4 is 11.1 Å². The smallest absolute Gasteiger partial charge is 0.0742 e. The van der Waals surface area contributed by atoms with Crippen molar-refractivity contribution < 1.29 is 0 Å². The molecule has 0 bridgehead atoms. The molecule has 0 aliphatic carbocycles. The number of anilines is 3. The molecular formula is C12H9BrCl2N2. The van der Waals surface area contributed by atoms with Gasteiger partial charge < -0.3 is 11.1 Å². The molecule has 0 heterocycles. The van der Waals surface area contributed by atoms with E-state index in [4.69, 9.17) is 28.9 Å². The summed E-state index contributed by atoms with van der Waals surface area (Å²) in [7, 11) is 0. The van der Waals surface area contributed by atoms with Crippen LogP contribution in [0.4, 0.5) is 17.1 Å². The highest BCUT2D eigenvalue weighted by Crippen LogP contribution is 2.33. The number of hydrogen-bond donors (Lipinski definition) is 2. The zero-order chi connectivity index (χ0) is 12.4. The molecule has 0 saturated carbocycles. The van der Waals surface area contributed by atoms with E-state index in [1.54, 1.807) is 6.07 Å². The largest absolute Gasteiger partial charge is 0.396 e. The summed E-state index contributed by atoms with van der Waals surface area (Å²) in [6.45, 7) is 0. The fourth-order valence-electron chi connectivity index (χ4n) is 1.38. The van der Waals surface area contributed by atoms with Gasteiger partial charge in [-0.3, -0.25) is 0 Å². The van der Waals surface area contributed by atoms with Crippen molar-refractivity contribution in [3.05, 3.63) is 50.9 Å². The molecule has 17 heavy (non-hydrogen) atoms. The standard InChI is InChI=1S/C12H9BrCl2N2/c13-7-4-5-10(9(15)6-7)17-11-3-1-2-8(14)12(11)16/h1-6,17H,16H2. The highest BCUT2D eigenvalue weighted by Gasteiger charge is 2.06. The maximum Gasteiger partial charge on any atom is 0.0742 e. The molecule has 2 aromatic rings. The van der Waals surface area contributed by atoms with Gasteiger partial charge in [0.05, 0.1) is 27.1 Å². The van der Waals surface area contributed by atoms with Crippen molar-refractivity contribution in [2.45, 2.75) is 0 Å². The highest BCUT2D eigenvalue weighted by molar-refractivity contribution is 9.10. The van der Waals surface area contributed by atoms with Crippen LogP contribution in [0.5, 0.6) is 0 Å². The highest BCUT2D eigenvalue weighted by atomic mass is 79.9. The second kappa shape index (κ2) is 5.17. The van der Waals surface area contributed by atoms with Crippen LogP contribution in [0.1, 0.15) is 0 Å². The van der Waals surface area contributed by atoms with Gasteiger partial charge in [-0.2, -0.15) is 0 Å². The Balaban J connectivity index is 2.35. The van der Waals surface area contributed by atoms with E-state index in [0.717, 1.165) is 15.8 Å². The summed E-state index contributed by atoms with van der Waals surface area (Å²) >= 11 is 15.4. The average Bonchev–Trinajstić information content (AvgIpc) is 2.28. The number of nitrogens with one attached hydrogen (secondary N) is 1. The molecule has 2 nitrogen and oxygen atoms in total. The Morgan fingerprint density at radius 2 is 1.76 bits per heavy atom. The van der Waals surface area contributed by atoms with Crippen LogP contribution in [0, 0.1) is 0 Å². The number of hydrogen-bond acceptors (Lipinski definition) is 2. The normalized spacial score (nSPS) is 10.3. The minimum absolute atomic E-state index is 0.508. The van der Waals surface area contributed by atoms with Crippen molar-refractivity contribution in [3.63, 3.8) is 0 Å². The van der Waals surface area contributed by atoms with Gasteiger partial charge >= 0.3 is 0 Å². The lowest BCUT2D eigenvalue weighted by atomic mass is 10.2. The van der Waals surface area contributed by atoms with Gasteiger partial charge in [-0.05, 0) is 30.3 Å². The minimum Gasteiger partial charge on any atom is -0.396 e. The molecular weight excluding hydrogens is 323 g/mol. The lowest BCUT2D eigenvalue weighted by Gasteiger charge is -2.11. The third-order valence-corrected chi connectivity index (χ3v) is 3.39. The molecule has 0 saturated heterocycles. The Kier molecular flexibility index (Phi) is 3.82. The van der Waals surface area contributed by atoms with Gasteiger partial charge in [-0.25, -0.2) is 0 Å². The predicted octanol–water partition coefficient (Wildman–Crippen LogP) is 5.08. The average molecular weight is 332 g/mol. The number of rotatable bonds is 2. The molecule has 0 fully saturated rings. The lowest BCUT2D eigenvalue weighted by Crippen LogP contribution is -1.97. The first-order chi connectivity index (χ1) is 8.08. The molecule has 88 valence electrons. The second-order valence-electron chi connectivity index (χ2n) is 3.45. The van der Waals surface area contributed by atoms with Gasteiger partial charge in [0.2, 0.25) is 0 Å². The summed E-state index contributed by atoms with van der Waals surface area (Å²) in [6, 6.07) is 11.0. The van der Waals surface area contributed by atoms with Crippen molar-refractivity contribution in [2.75, 3.05) is 11.1 Å². The SMILES string of the molecule is Nc1c(Cl)cccc1Nc1ccc(Br)cc1Cl. The van der Waals surface area contributed by atoms with Gasteiger partial charge in [0.25, 0.3) is 0 Å². The first-order valence-electron chi connectivity index (χ1n) is 4.84. The maximum atomic E-state index is 6.11. The van der Waals surface area contributed by atoms with Crippen LogP contribution >= 0.6 is 39.1 Å². The summed E-state index contributed by atoms with van der Waals surface area (Å²) in [5, 5.41) is 4.27. The molecule has 2 rings (SSSR count). The minimum atomic E-state index is 0.508. The van der Waals surface area contributed by atoms with Crippen LogP contribution in [-0.2, 0) is 0 Å². The Morgan fingerprint density at radius 1 is 1.00 bits per heavy atom. The zero-order valence-corrected chi connectivity index (χ0v) is 11.8. The molecule has 3 N–H and O–H groups in total. The summed E-state index contributed by atoms with van der Waals surface area (Å²) in [4.78, 5) is 0. The molecule has 0 atom stereocenters. The van der Waals surface area contributed by atoms with Gasteiger partial charge in [-0.1, -0.05) is 45.2 Å². The van der Waals surface area contributed by atoms with Crippen molar-refractivity contribution in [1.82, 2.24) is 0 Å². The van der Waals surface area contributed by atoms with Crippen LogP contribution in [0.3, 0.4) is 0 Å². The third-order valence-electron chi connectivity index (χ3n) is 2.25. The summed E-state index contributed by atoms with van der Waals surface area (Å²) in [6.07, 6.45) is 0. The Bertz CT molecular complexity index is 558. The van der Waals surface area contributed by atoms with Gasteiger partial charge in [0.15, 0.2) is 0 Å². The molecule has 0 aliphatic rings. The van der Waals surface area contributed by atoms with Gasteiger partial charge in [0, 0.05) is 4.47 Å². The zero-order valence-electron chi connectivity index (χ0n) is 8.68. The van der Waals surface area contributed by atoms with Crippen molar-refractivity contribution in [2.24, 2.45) is 0 Å². The number of halogens is 3. The number of nitrogens with two attached hydrogens (primary N) is 1. The molecule has 0 spiro atoms. The van der Waals surface area contributed by atoms with Crippen LogP contribution in [-0.4, -0.2) is 0 Å². The first kappa shape index (κ1) is 12.6. The number of para-hydroxylation sites is 1. The van der Waals surface area contributed by atoms with Crippen molar-refractivity contribution in [3.8, 4) is 0 Å². The Morgan fingerprint density at radius 3 is 2.47 bits per heavy atom. The lowest BCUT2D eigenvalue weighted by molar-refractivity contribution is 1.53. The number of benzene rings is 2. The molecule has 0 unspecified atom stereocenters. The fraction of sp³-hybridized carbons (Fsp3) is 0. The van der Waals surface area contributed by atoms with E-state index in [1.165, 1.54) is 0 Å². The van der Waals surface area contributed by atoms with E-state index in [-0.39, 0.29) is 0 Å². The summed E-state index contributed by atoms with van der Waals surface area (Å²) in [5.41, 5.74) is 7.89. The van der Waals surface area contributed by atoms with Crippen LogP contribution in [0.25, 0.3) is 0 Å². The molecule has 0 aromatic heterocycles.